The Balaban J connectivity index is 1.58. The highest BCUT2D eigenvalue weighted by atomic mass is 16.2. The van der Waals surface area contributed by atoms with Gasteiger partial charge in [0.1, 0.15) is 11.1 Å². The zero-order valence-corrected chi connectivity index (χ0v) is 13.8. The second kappa shape index (κ2) is 6.04. The molecule has 8 heteroatoms. The molecule has 1 amide bonds. The summed E-state index contributed by atoms with van der Waals surface area (Å²) in [5, 5.41) is 6.86. The third kappa shape index (κ3) is 2.65. The first kappa shape index (κ1) is 15.4. The number of carbonyl (C=O) groups is 1. The number of piperazine rings is 1. The molecule has 0 saturated carbocycles. The first-order valence-electron chi connectivity index (χ1n) is 8.18. The summed E-state index contributed by atoms with van der Waals surface area (Å²) in [7, 11) is 0. The van der Waals surface area contributed by atoms with E-state index in [0.29, 0.717) is 6.54 Å². The van der Waals surface area contributed by atoms with E-state index < -0.39 is 0 Å². The van der Waals surface area contributed by atoms with E-state index in [9.17, 15) is 9.59 Å². The fraction of sp³-hybridized carbons (Fsp3) is 0.294. The number of H-pyrrole nitrogens is 2. The minimum atomic E-state index is -0.363. The second-order valence-corrected chi connectivity index (χ2v) is 6.16. The molecule has 0 bridgehead atoms. The Morgan fingerprint density at radius 3 is 2.80 bits per heavy atom. The maximum atomic E-state index is 12.9. The molecule has 3 aromatic rings. The van der Waals surface area contributed by atoms with Crippen molar-refractivity contribution in [3.8, 4) is 0 Å². The van der Waals surface area contributed by atoms with Crippen molar-refractivity contribution in [1.29, 1.82) is 0 Å². The van der Waals surface area contributed by atoms with Crippen molar-refractivity contribution in [3.05, 3.63) is 52.7 Å². The summed E-state index contributed by atoms with van der Waals surface area (Å²) in [4.78, 5) is 35.5. The lowest BCUT2D eigenvalue weighted by molar-refractivity contribution is 0.0670. The van der Waals surface area contributed by atoms with Crippen LogP contribution in [0.1, 0.15) is 17.4 Å². The van der Waals surface area contributed by atoms with Gasteiger partial charge in [0.15, 0.2) is 5.65 Å². The minimum Gasteiger partial charge on any atom is -0.368 e. The van der Waals surface area contributed by atoms with Gasteiger partial charge in [-0.2, -0.15) is 5.10 Å². The van der Waals surface area contributed by atoms with Gasteiger partial charge in [0.25, 0.3) is 11.5 Å². The van der Waals surface area contributed by atoms with Crippen molar-refractivity contribution in [1.82, 2.24) is 25.1 Å². The maximum Gasteiger partial charge on any atom is 0.273 e. The summed E-state index contributed by atoms with van der Waals surface area (Å²) in [5.41, 5.74) is 1.23. The van der Waals surface area contributed by atoms with Crippen LogP contribution in [-0.4, -0.2) is 56.6 Å². The quantitative estimate of drug-likeness (QED) is 0.726. The van der Waals surface area contributed by atoms with E-state index in [1.165, 1.54) is 6.33 Å². The van der Waals surface area contributed by atoms with Gasteiger partial charge in [0.05, 0.1) is 6.33 Å². The lowest BCUT2D eigenvalue weighted by Gasteiger charge is -2.40. The Morgan fingerprint density at radius 1 is 1.24 bits per heavy atom. The van der Waals surface area contributed by atoms with E-state index in [1.54, 1.807) is 4.90 Å². The molecule has 128 valence electrons. The summed E-state index contributed by atoms with van der Waals surface area (Å²) in [5.74, 6) is -0.221. The lowest BCUT2D eigenvalue weighted by Crippen LogP contribution is -2.54. The van der Waals surface area contributed by atoms with Crippen LogP contribution < -0.4 is 10.5 Å². The number of aromatic nitrogens is 4. The van der Waals surface area contributed by atoms with Crippen LogP contribution in [0.4, 0.5) is 5.69 Å². The van der Waals surface area contributed by atoms with Crippen molar-refractivity contribution < 1.29 is 4.79 Å². The highest BCUT2D eigenvalue weighted by Crippen LogP contribution is 2.21. The molecule has 8 nitrogen and oxygen atoms in total. The van der Waals surface area contributed by atoms with Gasteiger partial charge in [0, 0.05) is 31.4 Å². The standard InChI is InChI=1S/C17H18N6O2/c1-11-9-22(12-5-3-2-4-6-12)7-8-23(11)17(25)14-13-15(21-20-14)18-10-19-16(13)24/h2-6,10-11H,7-9H2,1H3,(H2,18,19,20,21,24). The number of amides is 1. The summed E-state index contributed by atoms with van der Waals surface area (Å²) < 4.78 is 0. The summed E-state index contributed by atoms with van der Waals surface area (Å²) in [6.45, 7) is 4.05. The average molecular weight is 338 g/mol. The van der Waals surface area contributed by atoms with E-state index in [2.05, 4.69) is 37.2 Å². The van der Waals surface area contributed by atoms with Crippen LogP contribution in [-0.2, 0) is 0 Å². The van der Waals surface area contributed by atoms with Crippen molar-refractivity contribution in [3.63, 3.8) is 0 Å². The number of aromatic amines is 2. The van der Waals surface area contributed by atoms with Gasteiger partial charge < -0.3 is 14.8 Å². The van der Waals surface area contributed by atoms with E-state index in [4.69, 9.17) is 0 Å². The number of benzene rings is 1. The number of nitrogens with zero attached hydrogens (tertiary/aromatic N) is 4. The molecule has 3 heterocycles. The molecule has 1 atom stereocenters. The van der Waals surface area contributed by atoms with E-state index >= 15 is 0 Å². The fourth-order valence-corrected chi connectivity index (χ4v) is 3.30. The van der Waals surface area contributed by atoms with Gasteiger partial charge in [-0.25, -0.2) is 4.98 Å². The molecule has 0 aliphatic carbocycles. The third-order valence-electron chi connectivity index (χ3n) is 4.58. The third-order valence-corrected chi connectivity index (χ3v) is 4.58. The first-order valence-corrected chi connectivity index (χ1v) is 8.18. The predicted octanol–water partition coefficient (Wildman–Crippen LogP) is 0.997. The zero-order valence-electron chi connectivity index (χ0n) is 13.8. The lowest BCUT2D eigenvalue weighted by atomic mass is 10.1. The van der Waals surface area contributed by atoms with Crippen molar-refractivity contribution in [2.24, 2.45) is 0 Å². The normalized spacial score (nSPS) is 17.9. The monoisotopic (exact) mass is 338 g/mol. The van der Waals surface area contributed by atoms with Gasteiger partial charge in [-0.15, -0.1) is 0 Å². The summed E-state index contributed by atoms with van der Waals surface area (Å²) in [6, 6.07) is 10.1. The number of rotatable bonds is 2. The predicted molar refractivity (Wildman–Crippen MR) is 93.7 cm³/mol. The number of fused-ring (bicyclic) bond motifs is 1. The summed E-state index contributed by atoms with van der Waals surface area (Å²) >= 11 is 0. The number of carbonyl (C=O) groups excluding carboxylic acids is 1. The molecule has 1 unspecified atom stereocenters. The van der Waals surface area contributed by atoms with Crippen LogP contribution in [0, 0.1) is 0 Å². The fourth-order valence-electron chi connectivity index (χ4n) is 3.30. The Kier molecular flexibility index (Phi) is 3.72. The van der Waals surface area contributed by atoms with Gasteiger partial charge in [0.2, 0.25) is 0 Å². The maximum absolute atomic E-state index is 12.9. The smallest absolute Gasteiger partial charge is 0.273 e. The highest BCUT2D eigenvalue weighted by molar-refractivity contribution is 6.03. The zero-order chi connectivity index (χ0) is 17.4. The Hall–Kier alpha value is -3.16. The second-order valence-electron chi connectivity index (χ2n) is 6.16. The Bertz CT molecular complexity index is 964. The molecule has 1 aliphatic rings. The van der Waals surface area contributed by atoms with Gasteiger partial charge in [-0.05, 0) is 19.1 Å². The van der Waals surface area contributed by atoms with Crippen LogP contribution >= 0.6 is 0 Å². The van der Waals surface area contributed by atoms with E-state index in [-0.39, 0.29) is 34.2 Å². The van der Waals surface area contributed by atoms with Crippen molar-refractivity contribution >= 4 is 22.6 Å². The Morgan fingerprint density at radius 2 is 2.04 bits per heavy atom. The van der Waals surface area contributed by atoms with Gasteiger partial charge >= 0.3 is 0 Å². The molecule has 2 aromatic heterocycles. The Labute approximate surface area is 143 Å². The topological polar surface area (TPSA) is 98.0 Å². The van der Waals surface area contributed by atoms with E-state index in [1.807, 2.05) is 25.1 Å². The number of nitrogens with one attached hydrogen (secondary N) is 2. The highest BCUT2D eigenvalue weighted by Gasteiger charge is 2.30. The molecule has 1 aliphatic heterocycles. The molecule has 1 fully saturated rings. The molecular weight excluding hydrogens is 320 g/mol. The van der Waals surface area contributed by atoms with Crippen molar-refractivity contribution in [2.45, 2.75) is 13.0 Å². The molecule has 0 spiro atoms. The minimum absolute atomic E-state index is 0.00978. The SMILES string of the molecule is CC1CN(c2ccccc2)CCN1C(=O)c1[nH]nc2nc[nH]c(=O)c12. The molecule has 1 saturated heterocycles. The van der Waals surface area contributed by atoms with Crippen LogP contribution in [0.25, 0.3) is 11.0 Å². The number of hydrogen-bond acceptors (Lipinski definition) is 5. The molecule has 25 heavy (non-hydrogen) atoms. The number of hydrogen-bond donors (Lipinski definition) is 2. The number of anilines is 1. The van der Waals surface area contributed by atoms with Gasteiger partial charge in [-0.1, -0.05) is 18.2 Å². The molecule has 2 N–H and O–H groups in total. The van der Waals surface area contributed by atoms with Crippen LogP contribution in [0.2, 0.25) is 0 Å². The van der Waals surface area contributed by atoms with Crippen LogP contribution in [0.3, 0.4) is 0 Å². The summed E-state index contributed by atoms with van der Waals surface area (Å²) in [6.07, 6.45) is 1.28. The molecular formula is C17H18N6O2. The average Bonchev–Trinajstić information content (AvgIpc) is 3.07. The first-order chi connectivity index (χ1) is 12.1. The molecule has 4 rings (SSSR count). The van der Waals surface area contributed by atoms with Crippen LogP contribution in [0.15, 0.2) is 41.5 Å². The molecule has 1 aromatic carbocycles. The molecule has 0 radical (unpaired) electrons. The van der Waals surface area contributed by atoms with E-state index in [0.717, 1.165) is 18.8 Å². The largest absolute Gasteiger partial charge is 0.368 e. The number of para-hydroxylation sites is 1. The van der Waals surface area contributed by atoms with Crippen LogP contribution in [0.5, 0.6) is 0 Å². The van der Waals surface area contributed by atoms with Crippen molar-refractivity contribution in [2.75, 3.05) is 24.5 Å². The van der Waals surface area contributed by atoms with Gasteiger partial charge in [-0.3, -0.25) is 14.7 Å².